The van der Waals surface area contributed by atoms with Gasteiger partial charge in [-0.05, 0) is 36.2 Å². The van der Waals surface area contributed by atoms with Crippen molar-refractivity contribution in [2.75, 3.05) is 18.9 Å². The first-order valence-corrected chi connectivity index (χ1v) is 10.8. The maximum absolute atomic E-state index is 13.4. The number of nitrogens with one attached hydrogen (secondary N) is 1. The predicted molar refractivity (Wildman–Crippen MR) is 121 cm³/mol. The van der Waals surface area contributed by atoms with Gasteiger partial charge in [0, 0.05) is 27.9 Å². The third kappa shape index (κ3) is 4.51. The molecule has 3 aromatic rings. The first-order chi connectivity index (χ1) is 16.1. The first-order valence-electron chi connectivity index (χ1n) is 10.4. The molecule has 1 atom stereocenters. The highest BCUT2D eigenvalue weighted by atomic mass is 35.5. The smallest absolute Gasteiger partial charge is 0.235 e. The van der Waals surface area contributed by atoms with Gasteiger partial charge in [-0.1, -0.05) is 41.9 Å². The molecule has 0 saturated carbocycles. The van der Waals surface area contributed by atoms with Gasteiger partial charge in [0.25, 0.3) is 0 Å². The molecule has 0 fully saturated rings. The van der Waals surface area contributed by atoms with Crippen molar-refractivity contribution in [3.63, 3.8) is 0 Å². The lowest BCUT2D eigenvalue weighted by Gasteiger charge is -2.23. The zero-order chi connectivity index (χ0) is 22.8. The fraction of sp³-hybridized carbons (Fsp3) is 0.200. The quantitative estimate of drug-likeness (QED) is 0.422. The predicted octanol–water partition coefficient (Wildman–Crippen LogP) is 4.62. The Morgan fingerprint density at radius 2 is 1.76 bits per heavy atom. The number of carbonyl (C=O) groups is 2. The van der Waals surface area contributed by atoms with Crippen molar-refractivity contribution < 1.29 is 28.5 Å². The Labute approximate surface area is 195 Å². The van der Waals surface area contributed by atoms with Crippen LogP contribution in [0.1, 0.15) is 21.5 Å². The number of amides is 1. The van der Waals surface area contributed by atoms with Crippen molar-refractivity contribution in [3.05, 3.63) is 82.4 Å². The molecule has 2 aliphatic heterocycles. The Bertz CT molecular complexity index is 1210. The van der Waals surface area contributed by atoms with Gasteiger partial charge in [-0.3, -0.25) is 9.59 Å². The Kier molecular flexibility index (Phi) is 5.90. The summed E-state index contributed by atoms with van der Waals surface area (Å²) in [6, 6.07) is 17.3. The maximum Gasteiger partial charge on any atom is 0.235 e. The minimum atomic E-state index is -1.01. The highest BCUT2D eigenvalue weighted by Gasteiger charge is 2.31. The summed E-state index contributed by atoms with van der Waals surface area (Å²) < 4.78 is 21.7. The summed E-state index contributed by atoms with van der Waals surface area (Å²) >= 11 is 6.30. The summed E-state index contributed by atoms with van der Waals surface area (Å²) in [6.45, 7) is 0.581. The zero-order valence-electron chi connectivity index (χ0n) is 17.5. The van der Waals surface area contributed by atoms with E-state index in [9.17, 15) is 9.59 Å². The van der Waals surface area contributed by atoms with E-state index in [2.05, 4.69) is 5.32 Å². The third-order valence-corrected chi connectivity index (χ3v) is 5.73. The molecule has 168 valence electrons. The largest absolute Gasteiger partial charge is 0.467 e. The number of anilines is 1. The van der Waals surface area contributed by atoms with Crippen LogP contribution in [0.2, 0.25) is 5.02 Å². The Hall–Kier alpha value is -3.55. The number of ether oxygens (including phenoxy) is 4. The van der Waals surface area contributed by atoms with E-state index in [-0.39, 0.29) is 25.8 Å². The molecule has 7 nitrogen and oxygen atoms in total. The van der Waals surface area contributed by atoms with Crippen LogP contribution >= 0.6 is 11.6 Å². The second-order valence-corrected chi connectivity index (χ2v) is 8.14. The zero-order valence-corrected chi connectivity index (χ0v) is 18.3. The third-order valence-electron chi connectivity index (χ3n) is 5.51. The van der Waals surface area contributed by atoms with Crippen LogP contribution in [0, 0.1) is 5.92 Å². The summed E-state index contributed by atoms with van der Waals surface area (Å²) in [7, 11) is 0. The second kappa shape index (κ2) is 9.13. The molecule has 1 amide bonds. The Balaban J connectivity index is 1.47. The van der Waals surface area contributed by atoms with Gasteiger partial charge in [-0.2, -0.15) is 0 Å². The highest BCUT2D eigenvalue weighted by molar-refractivity contribution is 6.30. The molecule has 2 aliphatic rings. The van der Waals surface area contributed by atoms with Crippen LogP contribution in [-0.2, 0) is 22.6 Å². The minimum absolute atomic E-state index is 0.0995. The second-order valence-electron chi connectivity index (χ2n) is 7.71. The molecule has 0 spiro atoms. The lowest BCUT2D eigenvalue weighted by atomic mass is 9.89. The number of halogens is 1. The number of carbonyl (C=O) groups excluding carboxylic acids is 2. The van der Waals surface area contributed by atoms with Gasteiger partial charge >= 0.3 is 0 Å². The summed E-state index contributed by atoms with van der Waals surface area (Å²) in [4.78, 5) is 26.8. The molecule has 3 aromatic carbocycles. The molecule has 5 rings (SSSR count). The average molecular weight is 466 g/mol. The molecular weight excluding hydrogens is 446 g/mol. The number of benzene rings is 3. The van der Waals surface area contributed by atoms with Crippen molar-refractivity contribution in [1.82, 2.24) is 0 Å². The van der Waals surface area contributed by atoms with Crippen molar-refractivity contribution in [2.24, 2.45) is 5.92 Å². The molecule has 0 radical (unpaired) electrons. The van der Waals surface area contributed by atoms with Gasteiger partial charge in [-0.25, -0.2) is 0 Å². The van der Waals surface area contributed by atoms with Crippen LogP contribution in [0.15, 0.2) is 60.7 Å². The van der Waals surface area contributed by atoms with E-state index < -0.39 is 11.8 Å². The summed E-state index contributed by atoms with van der Waals surface area (Å²) in [5, 5.41) is 3.33. The number of fused-ring (bicyclic) bond motifs is 2. The summed E-state index contributed by atoms with van der Waals surface area (Å²) in [5.74, 6) is 0.00300. The molecular formula is C25H20ClNO6. The summed E-state index contributed by atoms with van der Waals surface area (Å²) in [5.41, 5.74) is 2.41. The number of hydrogen-bond donors (Lipinski definition) is 1. The molecule has 8 heteroatoms. The molecule has 33 heavy (non-hydrogen) atoms. The van der Waals surface area contributed by atoms with Crippen molar-refractivity contribution in [3.8, 4) is 17.2 Å². The molecule has 1 N–H and O–H groups in total. The maximum atomic E-state index is 13.4. The van der Waals surface area contributed by atoms with Crippen LogP contribution in [0.3, 0.4) is 0 Å². The number of hydrogen-bond acceptors (Lipinski definition) is 6. The van der Waals surface area contributed by atoms with E-state index >= 15 is 0 Å². The fourth-order valence-electron chi connectivity index (χ4n) is 3.94. The van der Waals surface area contributed by atoms with Gasteiger partial charge in [0.15, 0.2) is 24.1 Å². The van der Waals surface area contributed by atoms with Crippen LogP contribution in [-0.4, -0.2) is 25.3 Å². The van der Waals surface area contributed by atoms with E-state index in [1.54, 1.807) is 54.6 Å². The lowest BCUT2D eigenvalue weighted by Crippen LogP contribution is -2.32. The highest BCUT2D eigenvalue weighted by Crippen LogP contribution is 2.36. The van der Waals surface area contributed by atoms with Crippen LogP contribution in [0.4, 0.5) is 5.69 Å². The van der Waals surface area contributed by atoms with Crippen LogP contribution < -0.4 is 19.5 Å². The van der Waals surface area contributed by atoms with E-state index in [0.29, 0.717) is 45.7 Å². The van der Waals surface area contributed by atoms with Crippen molar-refractivity contribution in [1.29, 1.82) is 0 Å². The molecule has 0 bridgehead atoms. The average Bonchev–Trinajstić information content (AvgIpc) is 3.30. The molecule has 0 saturated heterocycles. The van der Waals surface area contributed by atoms with E-state index in [4.69, 9.17) is 30.5 Å². The van der Waals surface area contributed by atoms with E-state index in [1.807, 2.05) is 6.07 Å². The normalized spacial score (nSPS) is 14.7. The molecule has 0 aliphatic carbocycles. The Morgan fingerprint density at radius 1 is 0.939 bits per heavy atom. The van der Waals surface area contributed by atoms with Gasteiger partial charge in [0.1, 0.15) is 11.7 Å². The molecule has 0 aromatic heterocycles. The monoisotopic (exact) mass is 465 g/mol. The van der Waals surface area contributed by atoms with E-state index in [1.165, 1.54) is 0 Å². The standard InChI is InChI=1S/C25H20ClNO6/c26-18-8-16(24-17(9-18)12-30-13-33-24)10-20(23(28)15-4-2-1-3-5-15)25(29)27-19-6-7-21-22(11-19)32-14-31-21/h1-9,11,20H,10,12-14H2,(H,27,29)/t20-/m1/s1. The van der Waals surface area contributed by atoms with Gasteiger partial charge in [0.05, 0.1) is 6.61 Å². The first kappa shape index (κ1) is 21.3. The SMILES string of the molecule is O=C(Nc1ccc2c(c1)OCO2)[C@H](Cc1cc(Cl)cc2c1OCOC2)C(=O)c1ccccc1. The van der Waals surface area contributed by atoms with Gasteiger partial charge in [-0.15, -0.1) is 0 Å². The van der Waals surface area contributed by atoms with Crippen LogP contribution in [0.25, 0.3) is 0 Å². The molecule has 2 heterocycles. The summed E-state index contributed by atoms with van der Waals surface area (Å²) in [6.07, 6.45) is 0.118. The lowest BCUT2D eigenvalue weighted by molar-refractivity contribution is -0.118. The topological polar surface area (TPSA) is 83.1 Å². The van der Waals surface area contributed by atoms with Crippen molar-refractivity contribution in [2.45, 2.75) is 13.0 Å². The van der Waals surface area contributed by atoms with Crippen LogP contribution in [0.5, 0.6) is 17.2 Å². The van der Waals surface area contributed by atoms with Gasteiger partial charge < -0.3 is 24.3 Å². The fourth-order valence-corrected chi connectivity index (χ4v) is 4.20. The molecule has 0 unspecified atom stereocenters. The van der Waals surface area contributed by atoms with Crippen molar-refractivity contribution >= 4 is 29.0 Å². The number of rotatable bonds is 6. The Morgan fingerprint density at radius 3 is 2.61 bits per heavy atom. The number of ketones is 1. The van der Waals surface area contributed by atoms with Gasteiger partial charge in [0.2, 0.25) is 12.7 Å². The minimum Gasteiger partial charge on any atom is -0.467 e. The van der Waals surface area contributed by atoms with E-state index in [0.717, 1.165) is 5.56 Å². The number of Topliss-reactive ketones (excluding diaryl/α,β-unsaturated/α-hetero) is 1.